The number of Topliss-reactive ketones (excluding diaryl/α,β-unsaturated/α-hetero) is 1. The first kappa shape index (κ1) is 12.9. The van der Waals surface area contributed by atoms with E-state index in [4.69, 9.17) is 0 Å². The summed E-state index contributed by atoms with van der Waals surface area (Å²) in [5.74, 6) is 1.14. The molecule has 104 valence electrons. The van der Waals surface area contributed by atoms with Crippen molar-refractivity contribution >= 4 is 5.78 Å². The fraction of sp³-hybridized carbons (Fsp3) is 0.733. The van der Waals surface area contributed by atoms with Crippen LogP contribution in [0, 0.1) is 5.92 Å². The number of aromatic nitrogens is 2. The van der Waals surface area contributed by atoms with Gasteiger partial charge in [0.2, 0.25) is 0 Å². The fourth-order valence-electron chi connectivity index (χ4n) is 3.61. The summed E-state index contributed by atoms with van der Waals surface area (Å²) in [4.78, 5) is 12.3. The monoisotopic (exact) mass is 261 g/mol. The maximum absolute atomic E-state index is 12.3. The van der Waals surface area contributed by atoms with Gasteiger partial charge in [0.1, 0.15) is 5.78 Å². The summed E-state index contributed by atoms with van der Waals surface area (Å²) in [7, 11) is 1.91. The van der Waals surface area contributed by atoms with Crippen LogP contribution in [0.25, 0.3) is 0 Å². The van der Waals surface area contributed by atoms with Gasteiger partial charge in [0, 0.05) is 25.7 Å². The molecule has 1 aliphatic carbocycles. The van der Waals surface area contributed by atoms with Crippen molar-refractivity contribution in [3.63, 3.8) is 0 Å². The number of fused-ring (bicyclic) bond motifs is 1. The van der Waals surface area contributed by atoms with Crippen molar-refractivity contribution in [1.29, 1.82) is 0 Å². The fourth-order valence-corrected chi connectivity index (χ4v) is 3.61. The standard InChI is InChI=1S/C15H23N3O/c1-18-10-11(9-16-18)6-7-15(19)14-8-12-4-2-3-5-13(12)17-14/h9-10,12-14,17H,2-8H2,1H3. The Morgan fingerprint density at radius 3 is 3.05 bits per heavy atom. The van der Waals surface area contributed by atoms with Gasteiger partial charge in [-0.25, -0.2) is 0 Å². The maximum atomic E-state index is 12.3. The van der Waals surface area contributed by atoms with Crippen molar-refractivity contribution in [1.82, 2.24) is 15.1 Å². The van der Waals surface area contributed by atoms with Gasteiger partial charge in [-0.05, 0) is 37.2 Å². The molecule has 1 saturated carbocycles. The quantitative estimate of drug-likeness (QED) is 0.899. The van der Waals surface area contributed by atoms with Crippen molar-refractivity contribution in [2.75, 3.05) is 0 Å². The molecule has 3 rings (SSSR count). The summed E-state index contributed by atoms with van der Waals surface area (Å²) < 4.78 is 1.79. The molecule has 4 nitrogen and oxygen atoms in total. The molecule has 1 aromatic rings. The van der Waals surface area contributed by atoms with Gasteiger partial charge < -0.3 is 5.32 Å². The van der Waals surface area contributed by atoms with E-state index in [2.05, 4.69) is 10.4 Å². The molecule has 2 fully saturated rings. The zero-order chi connectivity index (χ0) is 13.2. The number of nitrogens with one attached hydrogen (secondary N) is 1. The molecule has 19 heavy (non-hydrogen) atoms. The minimum atomic E-state index is 0.116. The highest BCUT2D eigenvalue weighted by Gasteiger charge is 2.37. The van der Waals surface area contributed by atoms with E-state index in [9.17, 15) is 4.79 Å². The molecule has 1 N–H and O–H groups in total. The van der Waals surface area contributed by atoms with E-state index in [1.54, 1.807) is 4.68 Å². The summed E-state index contributed by atoms with van der Waals surface area (Å²) in [5.41, 5.74) is 1.16. The Bertz CT molecular complexity index is 440. The smallest absolute Gasteiger partial charge is 0.150 e. The molecule has 1 aromatic heterocycles. The molecule has 4 heteroatoms. The van der Waals surface area contributed by atoms with Gasteiger partial charge >= 0.3 is 0 Å². The van der Waals surface area contributed by atoms with Crippen molar-refractivity contribution in [3.8, 4) is 0 Å². The number of aryl methyl sites for hydroxylation is 2. The molecule has 0 spiro atoms. The van der Waals surface area contributed by atoms with E-state index in [-0.39, 0.29) is 6.04 Å². The molecule has 0 radical (unpaired) electrons. The van der Waals surface area contributed by atoms with Gasteiger partial charge in [0.15, 0.2) is 0 Å². The Hall–Kier alpha value is -1.16. The lowest BCUT2D eigenvalue weighted by atomic mass is 9.84. The highest BCUT2D eigenvalue weighted by Crippen LogP contribution is 2.33. The summed E-state index contributed by atoms with van der Waals surface area (Å²) in [6.07, 6.45) is 11.6. The Morgan fingerprint density at radius 2 is 2.32 bits per heavy atom. The van der Waals surface area contributed by atoms with Crippen LogP contribution in [0.1, 0.15) is 44.1 Å². The molecule has 1 aliphatic heterocycles. The second kappa shape index (κ2) is 5.45. The molecule has 0 bridgehead atoms. The number of rotatable bonds is 4. The number of ketones is 1. The summed E-state index contributed by atoms with van der Waals surface area (Å²) in [6.45, 7) is 0. The van der Waals surface area contributed by atoms with Crippen molar-refractivity contribution in [2.24, 2.45) is 13.0 Å². The van der Waals surface area contributed by atoms with Crippen LogP contribution in [0.2, 0.25) is 0 Å². The third kappa shape index (κ3) is 2.89. The predicted molar refractivity (Wildman–Crippen MR) is 73.8 cm³/mol. The van der Waals surface area contributed by atoms with Crippen molar-refractivity contribution in [3.05, 3.63) is 18.0 Å². The van der Waals surface area contributed by atoms with Gasteiger partial charge in [0.25, 0.3) is 0 Å². The van der Waals surface area contributed by atoms with Gasteiger partial charge in [-0.3, -0.25) is 9.48 Å². The largest absolute Gasteiger partial charge is 0.304 e. The predicted octanol–water partition coefficient (Wildman–Crippen LogP) is 1.84. The van der Waals surface area contributed by atoms with Crippen molar-refractivity contribution < 1.29 is 4.79 Å². The molecule has 2 aliphatic rings. The first-order chi connectivity index (χ1) is 9.22. The van der Waals surface area contributed by atoms with Crippen LogP contribution in [0.5, 0.6) is 0 Å². The molecule has 0 amide bonds. The molecule has 3 atom stereocenters. The highest BCUT2D eigenvalue weighted by atomic mass is 16.1. The number of hydrogen-bond acceptors (Lipinski definition) is 3. The number of hydrogen-bond donors (Lipinski definition) is 1. The van der Waals surface area contributed by atoms with Crippen LogP contribution >= 0.6 is 0 Å². The second-order valence-corrected chi connectivity index (χ2v) is 6.09. The van der Waals surface area contributed by atoms with E-state index in [0.717, 1.165) is 24.3 Å². The first-order valence-electron chi connectivity index (χ1n) is 7.48. The number of carbonyl (C=O) groups is 1. The minimum Gasteiger partial charge on any atom is -0.304 e. The molecule has 0 aromatic carbocycles. The van der Waals surface area contributed by atoms with Gasteiger partial charge in [0.05, 0.1) is 12.2 Å². The average Bonchev–Trinajstić information content (AvgIpc) is 3.01. The Labute approximate surface area is 114 Å². The Balaban J connectivity index is 1.51. The Morgan fingerprint density at radius 1 is 1.47 bits per heavy atom. The third-order valence-electron chi connectivity index (χ3n) is 4.67. The Kier molecular flexibility index (Phi) is 3.69. The van der Waals surface area contributed by atoms with Gasteiger partial charge in [-0.15, -0.1) is 0 Å². The summed E-state index contributed by atoms with van der Waals surface area (Å²) >= 11 is 0. The normalized spacial score (nSPS) is 30.3. The van der Waals surface area contributed by atoms with E-state index in [1.807, 2.05) is 19.4 Å². The number of nitrogens with zero attached hydrogens (tertiary/aromatic N) is 2. The summed E-state index contributed by atoms with van der Waals surface area (Å²) in [6, 6.07) is 0.728. The first-order valence-corrected chi connectivity index (χ1v) is 7.48. The van der Waals surface area contributed by atoms with Crippen LogP contribution in [-0.4, -0.2) is 27.6 Å². The van der Waals surface area contributed by atoms with Crippen LogP contribution < -0.4 is 5.32 Å². The van der Waals surface area contributed by atoms with E-state index in [0.29, 0.717) is 18.2 Å². The second-order valence-electron chi connectivity index (χ2n) is 6.09. The summed E-state index contributed by atoms with van der Waals surface area (Å²) in [5, 5.41) is 7.70. The van der Waals surface area contributed by atoms with Crippen LogP contribution in [0.3, 0.4) is 0 Å². The topological polar surface area (TPSA) is 46.9 Å². The molecular formula is C15H23N3O. The van der Waals surface area contributed by atoms with E-state index >= 15 is 0 Å². The van der Waals surface area contributed by atoms with Crippen LogP contribution in [0.4, 0.5) is 0 Å². The molecular weight excluding hydrogens is 238 g/mol. The lowest BCUT2D eigenvalue weighted by molar-refractivity contribution is -0.120. The third-order valence-corrected chi connectivity index (χ3v) is 4.67. The van der Waals surface area contributed by atoms with Gasteiger partial charge in [-0.1, -0.05) is 12.8 Å². The molecule has 2 heterocycles. The van der Waals surface area contributed by atoms with E-state index in [1.165, 1.54) is 25.7 Å². The highest BCUT2D eigenvalue weighted by molar-refractivity contribution is 5.84. The zero-order valence-corrected chi connectivity index (χ0v) is 11.6. The SMILES string of the molecule is Cn1cc(CCC(=O)C2CC3CCCCC3N2)cn1. The van der Waals surface area contributed by atoms with Gasteiger partial charge in [-0.2, -0.15) is 5.10 Å². The average molecular weight is 261 g/mol. The molecule has 3 unspecified atom stereocenters. The molecule has 1 saturated heterocycles. The van der Waals surface area contributed by atoms with E-state index < -0.39 is 0 Å². The maximum Gasteiger partial charge on any atom is 0.150 e. The minimum absolute atomic E-state index is 0.116. The van der Waals surface area contributed by atoms with Crippen LogP contribution in [-0.2, 0) is 18.3 Å². The lowest BCUT2D eigenvalue weighted by Gasteiger charge is -2.24. The van der Waals surface area contributed by atoms with Crippen molar-refractivity contribution in [2.45, 2.75) is 57.0 Å². The lowest BCUT2D eigenvalue weighted by Crippen LogP contribution is -2.37. The zero-order valence-electron chi connectivity index (χ0n) is 11.6. The van der Waals surface area contributed by atoms with Crippen LogP contribution in [0.15, 0.2) is 12.4 Å². The number of carbonyl (C=O) groups excluding carboxylic acids is 1.